The van der Waals surface area contributed by atoms with Crippen molar-refractivity contribution >= 4 is 12.1 Å². The van der Waals surface area contributed by atoms with Crippen LogP contribution in [-0.2, 0) is 6.61 Å². The zero-order valence-electron chi connectivity index (χ0n) is 20.2. The first-order chi connectivity index (χ1) is 17.2. The second kappa shape index (κ2) is 9.53. The number of hydrogen-bond acceptors (Lipinski definition) is 5. The summed E-state index contributed by atoms with van der Waals surface area (Å²) >= 11 is 0. The van der Waals surface area contributed by atoms with Gasteiger partial charge in [0.1, 0.15) is 24.3 Å². The second-order valence-corrected chi connectivity index (χ2v) is 10.3. The Labute approximate surface area is 207 Å². The molecule has 6 nitrogen and oxygen atoms in total. The smallest absolute Gasteiger partial charge is 0.265 e. The van der Waals surface area contributed by atoms with Gasteiger partial charge in [0.05, 0.1) is 18.0 Å². The first-order valence-corrected chi connectivity index (χ1v) is 12.9. The summed E-state index contributed by atoms with van der Waals surface area (Å²) in [5.41, 5.74) is 4.24. The predicted molar refractivity (Wildman–Crippen MR) is 139 cm³/mol. The number of ether oxygens (including phenoxy) is 1. The van der Waals surface area contributed by atoms with Gasteiger partial charge in [-0.15, -0.1) is 4.59 Å². The first kappa shape index (κ1) is 22.4. The molecule has 3 aliphatic heterocycles. The molecule has 3 heterocycles. The standard InChI is InChI=1S/C29H34N5O/c30-34-15-12-31-19-27(34)28(25-16-23(17-25)20-33-13-5-2-6-14-33)32-29(34)24-10-7-11-26(18-24)35-21-22-8-3-1-4-9-22/h1,3-4,7-12,15,18-19,23,25H,2,5-6,13-14,16-17,20-21,30H2/q+1. The van der Waals surface area contributed by atoms with Gasteiger partial charge >= 0.3 is 0 Å². The second-order valence-electron chi connectivity index (χ2n) is 10.3. The van der Waals surface area contributed by atoms with E-state index in [9.17, 15) is 0 Å². The fourth-order valence-corrected chi connectivity index (χ4v) is 5.79. The fourth-order valence-electron chi connectivity index (χ4n) is 5.79. The van der Waals surface area contributed by atoms with E-state index in [4.69, 9.17) is 15.6 Å². The summed E-state index contributed by atoms with van der Waals surface area (Å²) in [6.45, 7) is 4.29. The van der Waals surface area contributed by atoms with Crippen LogP contribution in [0.4, 0.5) is 0 Å². The highest BCUT2D eigenvalue weighted by Crippen LogP contribution is 2.45. The third-order valence-electron chi connectivity index (χ3n) is 7.75. The number of nitrogens with two attached hydrogens (primary N) is 1. The number of aliphatic imine (C=N–C) groups is 2. The average Bonchev–Trinajstić information content (AvgIpc) is 3.19. The van der Waals surface area contributed by atoms with Crippen molar-refractivity contribution < 1.29 is 9.33 Å². The Morgan fingerprint density at radius 2 is 1.83 bits per heavy atom. The highest BCUT2D eigenvalue weighted by Gasteiger charge is 2.48. The Morgan fingerprint density at radius 3 is 2.66 bits per heavy atom. The van der Waals surface area contributed by atoms with Crippen molar-refractivity contribution in [2.24, 2.45) is 27.7 Å². The summed E-state index contributed by atoms with van der Waals surface area (Å²) in [6.07, 6.45) is 12.1. The molecule has 1 saturated carbocycles. The van der Waals surface area contributed by atoms with E-state index in [0.717, 1.165) is 40.0 Å². The average molecular weight is 469 g/mol. The zero-order valence-corrected chi connectivity index (χ0v) is 20.2. The van der Waals surface area contributed by atoms with E-state index in [1.54, 1.807) is 6.20 Å². The Balaban J connectivity index is 1.19. The number of amidine groups is 1. The van der Waals surface area contributed by atoms with Crippen LogP contribution in [0.15, 0.2) is 88.4 Å². The van der Waals surface area contributed by atoms with Crippen molar-refractivity contribution in [3.63, 3.8) is 0 Å². The summed E-state index contributed by atoms with van der Waals surface area (Å²) in [5, 5.41) is 0. The minimum atomic E-state index is 0.0776. The lowest BCUT2D eigenvalue weighted by atomic mass is 9.72. The fraction of sp³-hybridized carbons (Fsp3) is 0.379. The van der Waals surface area contributed by atoms with Crippen LogP contribution in [0.2, 0.25) is 0 Å². The Hall–Kier alpha value is -3.06. The molecule has 0 radical (unpaired) electrons. The highest BCUT2D eigenvalue weighted by molar-refractivity contribution is 6.00. The van der Waals surface area contributed by atoms with Gasteiger partial charge in [-0.1, -0.05) is 42.8 Å². The first-order valence-electron chi connectivity index (χ1n) is 12.9. The number of piperidine rings is 1. The third-order valence-corrected chi connectivity index (χ3v) is 7.75. The molecule has 1 aliphatic carbocycles. The topological polar surface area (TPSA) is 63.2 Å². The molecule has 0 spiro atoms. The minimum Gasteiger partial charge on any atom is -0.489 e. The van der Waals surface area contributed by atoms with Gasteiger partial charge < -0.3 is 9.64 Å². The van der Waals surface area contributed by atoms with Gasteiger partial charge in [0.15, 0.2) is 0 Å². The van der Waals surface area contributed by atoms with Gasteiger partial charge in [-0.25, -0.2) is 0 Å². The summed E-state index contributed by atoms with van der Waals surface area (Å²) in [7, 11) is 0. The monoisotopic (exact) mass is 468 g/mol. The van der Waals surface area contributed by atoms with Crippen LogP contribution in [0, 0.1) is 11.8 Å². The normalized spacial score (nSPS) is 28.0. The van der Waals surface area contributed by atoms with Crippen molar-refractivity contribution in [3.05, 3.63) is 89.5 Å². The highest BCUT2D eigenvalue weighted by atomic mass is 16.5. The molecule has 0 aromatic heterocycles. The molecule has 180 valence electrons. The van der Waals surface area contributed by atoms with E-state index in [1.165, 1.54) is 51.7 Å². The lowest BCUT2D eigenvalue weighted by Crippen LogP contribution is -2.53. The molecule has 6 rings (SSSR count). The van der Waals surface area contributed by atoms with Gasteiger partial charge in [0.25, 0.3) is 5.84 Å². The maximum atomic E-state index is 6.97. The number of rotatable bonds is 7. The van der Waals surface area contributed by atoms with Crippen LogP contribution in [-0.4, -0.2) is 41.2 Å². The number of quaternary nitrogens is 1. The molecule has 0 bridgehead atoms. The van der Waals surface area contributed by atoms with Crippen LogP contribution < -0.4 is 10.6 Å². The molecule has 2 N–H and O–H groups in total. The molecular weight excluding hydrogens is 434 g/mol. The van der Waals surface area contributed by atoms with E-state index in [0.29, 0.717) is 12.5 Å². The molecule has 35 heavy (non-hydrogen) atoms. The van der Waals surface area contributed by atoms with E-state index < -0.39 is 0 Å². The maximum Gasteiger partial charge on any atom is 0.265 e. The molecule has 2 aromatic rings. The molecule has 1 saturated heterocycles. The van der Waals surface area contributed by atoms with Gasteiger partial charge in [-0.3, -0.25) is 4.99 Å². The summed E-state index contributed by atoms with van der Waals surface area (Å²) in [6, 6.07) is 18.3. The number of fused-ring (bicyclic) bond motifs is 1. The Kier molecular flexibility index (Phi) is 6.10. The third kappa shape index (κ3) is 4.49. The van der Waals surface area contributed by atoms with Crippen molar-refractivity contribution in [1.82, 2.24) is 4.90 Å². The molecule has 2 aromatic carbocycles. The Bertz CT molecular complexity index is 1190. The molecule has 2 fully saturated rings. The number of hydrogen-bond donors (Lipinski definition) is 1. The summed E-state index contributed by atoms with van der Waals surface area (Å²) in [5.74, 6) is 9.83. The molecular formula is C29H34N5O+. The largest absolute Gasteiger partial charge is 0.489 e. The number of likely N-dealkylation sites (tertiary alicyclic amines) is 1. The predicted octanol–water partition coefficient (Wildman–Crippen LogP) is 5.00. The van der Waals surface area contributed by atoms with Gasteiger partial charge in [-0.2, -0.15) is 10.8 Å². The van der Waals surface area contributed by atoms with Gasteiger partial charge in [-0.05, 0) is 68.5 Å². The van der Waals surface area contributed by atoms with Crippen LogP contribution >= 0.6 is 0 Å². The van der Waals surface area contributed by atoms with Crippen LogP contribution in [0.25, 0.3) is 0 Å². The van der Waals surface area contributed by atoms with Crippen LogP contribution in [0.3, 0.4) is 0 Å². The summed E-state index contributed by atoms with van der Waals surface area (Å²) < 4.78 is 6.17. The van der Waals surface area contributed by atoms with E-state index in [2.05, 4.69) is 34.2 Å². The molecule has 1 unspecified atom stereocenters. The van der Waals surface area contributed by atoms with Crippen LogP contribution in [0.1, 0.15) is 43.2 Å². The lowest BCUT2D eigenvalue weighted by molar-refractivity contribution is -0.750. The van der Waals surface area contributed by atoms with Crippen molar-refractivity contribution in [2.45, 2.75) is 38.7 Å². The molecule has 1 atom stereocenters. The minimum absolute atomic E-state index is 0.0776. The zero-order chi connectivity index (χ0) is 23.7. The maximum absolute atomic E-state index is 6.97. The quantitative estimate of drug-likeness (QED) is 0.460. The van der Waals surface area contributed by atoms with E-state index >= 15 is 0 Å². The lowest BCUT2D eigenvalue weighted by Gasteiger charge is -2.39. The van der Waals surface area contributed by atoms with Gasteiger partial charge in [0, 0.05) is 12.5 Å². The number of nitrogens with zero attached hydrogens (tertiary/aromatic N) is 4. The molecule has 6 heteroatoms. The van der Waals surface area contributed by atoms with Crippen molar-refractivity contribution in [1.29, 1.82) is 0 Å². The number of benzene rings is 2. The molecule has 0 amide bonds. The SMILES string of the molecule is N[N+]12C=CN=CC1=C(C1CC(CN3CCCCC3)C1)N=C2c1cccc(OCc2ccccc2)c1. The summed E-state index contributed by atoms with van der Waals surface area (Å²) in [4.78, 5) is 12.2. The van der Waals surface area contributed by atoms with Gasteiger partial charge in [0.2, 0.25) is 5.70 Å². The van der Waals surface area contributed by atoms with Crippen molar-refractivity contribution in [2.75, 3.05) is 19.6 Å². The van der Waals surface area contributed by atoms with E-state index in [-0.39, 0.29) is 4.59 Å². The van der Waals surface area contributed by atoms with E-state index in [1.807, 2.05) is 42.7 Å². The van der Waals surface area contributed by atoms with Crippen molar-refractivity contribution in [3.8, 4) is 5.75 Å². The van der Waals surface area contributed by atoms with Crippen LogP contribution in [0.5, 0.6) is 5.75 Å². The Morgan fingerprint density at radius 1 is 1.00 bits per heavy atom. The number of allylic oxidation sites excluding steroid dienone is 2. The molecule has 4 aliphatic rings.